The molecule has 1 amide bonds. The van der Waals surface area contributed by atoms with Gasteiger partial charge < -0.3 is 5.32 Å². The van der Waals surface area contributed by atoms with Crippen molar-refractivity contribution >= 4 is 22.4 Å². The van der Waals surface area contributed by atoms with E-state index in [9.17, 15) is 9.59 Å². The van der Waals surface area contributed by atoms with Gasteiger partial charge in [0, 0.05) is 11.1 Å². The summed E-state index contributed by atoms with van der Waals surface area (Å²) in [4.78, 5) is 24.1. The minimum Gasteiger partial charge on any atom is -0.326 e. The smallest absolute Gasteiger partial charge is 0.272 e. The van der Waals surface area contributed by atoms with Gasteiger partial charge in [-0.25, -0.2) is 5.10 Å². The van der Waals surface area contributed by atoms with Gasteiger partial charge in [-0.1, -0.05) is 43.7 Å². The molecular formula is C20H21N3O2. The number of rotatable bonds is 6. The molecule has 0 bridgehead atoms. The van der Waals surface area contributed by atoms with Gasteiger partial charge in [-0.2, -0.15) is 5.10 Å². The minimum atomic E-state index is -0.248. The number of aryl methyl sites for hydroxylation is 1. The van der Waals surface area contributed by atoms with Gasteiger partial charge in [0.15, 0.2) is 0 Å². The number of carbonyl (C=O) groups excluding carboxylic acids is 1. The van der Waals surface area contributed by atoms with Gasteiger partial charge in [-0.15, -0.1) is 0 Å². The Kier molecular flexibility index (Phi) is 5.23. The first-order valence-electron chi connectivity index (χ1n) is 8.52. The Balaban J connectivity index is 1.71. The highest BCUT2D eigenvalue weighted by atomic mass is 16.1. The van der Waals surface area contributed by atoms with Crippen LogP contribution in [0.15, 0.2) is 53.3 Å². The van der Waals surface area contributed by atoms with Gasteiger partial charge in [-0.05, 0) is 36.6 Å². The highest BCUT2D eigenvalue weighted by molar-refractivity contribution is 5.95. The van der Waals surface area contributed by atoms with Gasteiger partial charge in [0.05, 0.1) is 17.5 Å². The lowest BCUT2D eigenvalue weighted by atomic mass is 10.1. The van der Waals surface area contributed by atoms with E-state index >= 15 is 0 Å². The first kappa shape index (κ1) is 16.9. The van der Waals surface area contributed by atoms with Crippen LogP contribution in [0.2, 0.25) is 0 Å². The molecule has 1 heterocycles. The van der Waals surface area contributed by atoms with Crippen molar-refractivity contribution in [3.63, 3.8) is 0 Å². The molecule has 0 aliphatic heterocycles. The Labute approximate surface area is 146 Å². The monoisotopic (exact) mass is 335 g/mol. The van der Waals surface area contributed by atoms with E-state index in [4.69, 9.17) is 0 Å². The molecule has 1 aromatic heterocycles. The molecule has 0 radical (unpaired) electrons. The molecule has 2 aromatic carbocycles. The van der Waals surface area contributed by atoms with Gasteiger partial charge >= 0.3 is 0 Å². The molecule has 3 aromatic rings. The maximum atomic E-state index is 12.3. The first-order valence-corrected chi connectivity index (χ1v) is 8.52. The zero-order valence-electron chi connectivity index (χ0n) is 14.2. The number of hydrogen-bond donors (Lipinski definition) is 2. The Hall–Kier alpha value is -2.95. The number of H-pyrrole nitrogens is 1. The standard InChI is InChI=1S/C20H21N3O2/c1-2-3-6-14-9-11-15(12-10-14)21-19(24)13-18-16-7-4-5-8-17(16)20(25)23-22-18/h4-5,7-12H,2-3,6,13H2,1H3,(H,21,24)(H,23,25). The van der Waals surface area contributed by atoms with Crippen LogP contribution < -0.4 is 10.9 Å². The molecule has 5 heteroatoms. The molecule has 0 saturated carbocycles. The number of benzene rings is 2. The summed E-state index contributed by atoms with van der Waals surface area (Å²) in [5.41, 5.74) is 2.35. The van der Waals surface area contributed by atoms with E-state index in [2.05, 4.69) is 22.4 Å². The van der Waals surface area contributed by atoms with Crippen molar-refractivity contribution in [2.75, 3.05) is 5.32 Å². The number of amides is 1. The highest BCUT2D eigenvalue weighted by Crippen LogP contribution is 2.15. The predicted octanol–water partition coefficient (Wildman–Crippen LogP) is 3.45. The molecule has 0 saturated heterocycles. The van der Waals surface area contributed by atoms with Gasteiger partial charge in [0.2, 0.25) is 5.91 Å². The summed E-state index contributed by atoms with van der Waals surface area (Å²) in [6, 6.07) is 15.1. The molecule has 0 aliphatic carbocycles. The molecule has 3 rings (SSSR count). The van der Waals surface area contributed by atoms with Crippen LogP contribution in [0.25, 0.3) is 10.8 Å². The number of aromatic nitrogens is 2. The molecule has 2 N–H and O–H groups in total. The fraction of sp³-hybridized carbons (Fsp3) is 0.250. The Bertz CT molecular complexity index is 930. The fourth-order valence-electron chi connectivity index (χ4n) is 2.80. The van der Waals surface area contributed by atoms with Crippen molar-refractivity contribution in [1.29, 1.82) is 0 Å². The van der Waals surface area contributed by atoms with E-state index in [1.165, 1.54) is 12.0 Å². The number of nitrogens with one attached hydrogen (secondary N) is 2. The van der Waals surface area contributed by atoms with Gasteiger partial charge in [-0.3, -0.25) is 9.59 Å². The van der Waals surface area contributed by atoms with E-state index in [1.807, 2.05) is 36.4 Å². The summed E-state index contributed by atoms with van der Waals surface area (Å²) >= 11 is 0. The second kappa shape index (κ2) is 7.75. The largest absolute Gasteiger partial charge is 0.326 e. The van der Waals surface area contributed by atoms with Crippen LogP contribution in [0.5, 0.6) is 0 Å². The zero-order valence-corrected chi connectivity index (χ0v) is 14.2. The topological polar surface area (TPSA) is 74.8 Å². The lowest BCUT2D eigenvalue weighted by Gasteiger charge is -2.08. The third-order valence-corrected chi connectivity index (χ3v) is 4.16. The summed E-state index contributed by atoms with van der Waals surface area (Å²) in [6.45, 7) is 2.17. The van der Waals surface area contributed by atoms with Crippen molar-refractivity contribution in [1.82, 2.24) is 10.2 Å². The average molecular weight is 335 g/mol. The van der Waals surface area contributed by atoms with Crippen LogP contribution in [0, 0.1) is 0 Å². The van der Waals surface area contributed by atoms with E-state index < -0.39 is 0 Å². The van der Waals surface area contributed by atoms with E-state index in [-0.39, 0.29) is 17.9 Å². The van der Waals surface area contributed by atoms with Crippen LogP contribution in [-0.2, 0) is 17.6 Å². The van der Waals surface area contributed by atoms with Gasteiger partial charge in [0.25, 0.3) is 5.56 Å². The Morgan fingerprint density at radius 3 is 2.52 bits per heavy atom. The number of hydrogen-bond acceptors (Lipinski definition) is 3. The van der Waals surface area contributed by atoms with Crippen LogP contribution in [0.4, 0.5) is 5.69 Å². The number of nitrogens with zero attached hydrogens (tertiary/aromatic N) is 1. The summed E-state index contributed by atoms with van der Waals surface area (Å²) in [5.74, 6) is -0.161. The zero-order chi connectivity index (χ0) is 17.6. The van der Waals surface area contributed by atoms with Crippen molar-refractivity contribution in [2.24, 2.45) is 0 Å². The number of anilines is 1. The molecule has 25 heavy (non-hydrogen) atoms. The SMILES string of the molecule is CCCCc1ccc(NC(=O)Cc2n[nH]c(=O)c3ccccc23)cc1. The Morgan fingerprint density at radius 2 is 1.80 bits per heavy atom. The summed E-state index contributed by atoms with van der Waals surface area (Å²) in [5, 5.41) is 10.6. The number of aromatic amines is 1. The second-order valence-electron chi connectivity index (χ2n) is 6.07. The summed E-state index contributed by atoms with van der Waals surface area (Å²) < 4.78 is 0. The molecule has 128 valence electrons. The third-order valence-electron chi connectivity index (χ3n) is 4.16. The molecule has 0 spiro atoms. The van der Waals surface area contributed by atoms with E-state index in [0.29, 0.717) is 16.5 Å². The molecule has 0 aliphatic rings. The second-order valence-corrected chi connectivity index (χ2v) is 6.07. The summed E-state index contributed by atoms with van der Waals surface area (Å²) in [7, 11) is 0. The summed E-state index contributed by atoms with van der Waals surface area (Å²) in [6.07, 6.45) is 3.49. The van der Waals surface area contributed by atoms with Crippen LogP contribution in [0.1, 0.15) is 31.0 Å². The van der Waals surface area contributed by atoms with E-state index in [0.717, 1.165) is 18.5 Å². The maximum absolute atomic E-state index is 12.3. The molecule has 0 fully saturated rings. The maximum Gasteiger partial charge on any atom is 0.272 e. The van der Waals surface area contributed by atoms with Crippen LogP contribution in [0.3, 0.4) is 0 Å². The van der Waals surface area contributed by atoms with Gasteiger partial charge in [0.1, 0.15) is 0 Å². The van der Waals surface area contributed by atoms with Crippen molar-refractivity contribution in [2.45, 2.75) is 32.6 Å². The average Bonchev–Trinajstić information content (AvgIpc) is 2.64. The minimum absolute atomic E-state index is 0.106. The normalized spacial score (nSPS) is 10.8. The molecule has 5 nitrogen and oxygen atoms in total. The van der Waals surface area contributed by atoms with E-state index in [1.54, 1.807) is 12.1 Å². The Morgan fingerprint density at radius 1 is 1.08 bits per heavy atom. The molecular weight excluding hydrogens is 314 g/mol. The first-order chi connectivity index (χ1) is 12.2. The van der Waals surface area contributed by atoms with Crippen LogP contribution >= 0.6 is 0 Å². The lowest BCUT2D eigenvalue weighted by Crippen LogP contribution is -2.18. The number of unbranched alkanes of at least 4 members (excludes halogenated alkanes) is 1. The quantitative estimate of drug-likeness (QED) is 0.724. The van der Waals surface area contributed by atoms with Crippen LogP contribution in [-0.4, -0.2) is 16.1 Å². The van der Waals surface area contributed by atoms with Crippen molar-refractivity contribution in [3.05, 3.63) is 70.1 Å². The number of fused-ring (bicyclic) bond motifs is 1. The third kappa shape index (κ3) is 4.12. The molecule has 0 atom stereocenters. The fourth-order valence-corrected chi connectivity index (χ4v) is 2.80. The van der Waals surface area contributed by atoms with Crippen molar-refractivity contribution < 1.29 is 4.79 Å². The predicted molar refractivity (Wildman–Crippen MR) is 99.8 cm³/mol. The molecule has 0 unspecified atom stereocenters. The highest BCUT2D eigenvalue weighted by Gasteiger charge is 2.11. The van der Waals surface area contributed by atoms with Crippen molar-refractivity contribution in [3.8, 4) is 0 Å². The lowest BCUT2D eigenvalue weighted by molar-refractivity contribution is -0.115. The number of carbonyl (C=O) groups is 1.